The molecule has 0 radical (unpaired) electrons. The Morgan fingerprint density at radius 1 is 1.02 bits per heavy atom. The number of aryl methyl sites for hydroxylation is 2. The van der Waals surface area contributed by atoms with E-state index in [1.54, 1.807) is 23.7 Å². The van der Waals surface area contributed by atoms with E-state index >= 15 is 0 Å². The molecule has 1 atom stereocenters. The van der Waals surface area contributed by atoms with Gasteiger partial charge in [0.2, 0.25) is 5.91 Å². The predicted octanol–water partition coefficient (Wildman–Crippen LogP) is 4.65. The normalized spacial score (nSPS) is 16.9. The molecule has 0 fully saturated rings. The van der Waals surface area contributed by atoms with E-state index in [0.29, 0.717) is 64.2 Å². The lowest BCUT2D eigenvalue weighted by Gasteiger charge is -2.38. The van der Waals surface area contributed by atoms with Crippen LogP contribution in [-0.2, 0) is 17.6 Å². The Labute approximate surface area is 249 Å². The van der Waals surface area contributed by atoms with E-state index in [1.165, 1.54) is 6.20 Å². The quantitative estimate of drug-likeness (QED) is 0.345. The molecule has 2 amide bonds. The molecule has 2 aromatic carbocycles. The molecular weight excluding hydrogens is 550 g/mol. The van der Waals surface area contributed by atoms with Crippen molar-refractivity contribution in [3.8, 4) is 11.5 Å². The van der Waals surface area contributed by atoms with Crippen molar-refractivity contribution in [2.75, 3.05) is 32.8 Å². The Bertz CT molecular complexity index is 1560. The maximum atomic E-state index is 13.6. The SMILES string of the molecule is Cc1nc(CCC(=O)N2CCCOc3cccc(c3)C3c4ccc(cc4CCN3C(=O)c3cnccn3)OCC2)cs1. The molecule has 4 aromatic rings. The van der Waals surface area contributed by atoms with Gasteiger partial charge in [-0.3, -0.25) is 14.6 Å². The van der Waals surface area contributed by atoms with Crippen LogP contribution in [0.2, 0.25) is 0 Å². The van der Waals surface area contributed by atoms with Gasteiger partial charge in [-0.15, -0.1) is 11.3 Å². The Balaban J connectivity index is 1.25. The maximum Gasteiger partial charge on any atom is 0.274 e. The first-order chi connectivity index (χ1) is 20.5. The van der Waals surface area contributed by atoms with Gasteiger partial charge in [0, 0.05) is 37.3 Å². The van der Waals surface area contributed by atoms with Crippen LogP contribution in [-0.4, -0.2) is 69.4 Å². The lowest BCUT2D eigenvalue weighted by Crippen LogP contribution is -2.41. The molecule has 0 spiro atoms. The monoisotopic (exact) mass is 583 g/mol. The van der Waals surface area contributed by atoms with Gasteiger partial charge in [0.05, 0.1) is 36.1 Å². The zero-order valence-corrected chi connectivity index (χ0v) is 24.4. The van der Waals surface area contributed by atoms with Gasteiger partial charge in [-0.05, 0) is 67.1 Å². The largest absolute Gasteiger partial charge is 0.494 e. The second kappa shape index (κ2) is 12.7. The van der Waals surface area contributed by atoms with E-state index in [4.69, 9.17) is 9.47 Å². The van der Waals surface area contributed by atoms with Gasteiger partial charge >= 0.3 is 0 Å². The van der Waals surface area contributed by atoms with Crippen LogP contribution in [0.15, 0.2) is 66.4 Å². The molecule has 2 aromatic heterocycles. The number of nitrogens with zero attached hydrogens (tertiary/aromatic N) is 5. The number of carbonyl (C=O) groups excluding carboxylic acids is 2. The van der Waals surface area contributed by atoms with E-state index < -0.39 is 0 Å². The smallest absolute Gasteiger partial charge is 0.274 e. The van der Waals surface area contributed by atoms with Gasteiger partial charge in [-0.2, -0.15) is 0 Å². The third kappa shape index (κ3) is 6.28. The summed E-state index contributed by atoms with van der Waals surface area (Å²) in [6.07, 6.45) is 7.03. The molecule has 216 valence electrons. The van der Waals surface area contributed by atoms with Crippen LogP contribution in [0.4, 0.5) is 0 Å². The van der Waals surface area contributed by atoms with Crippen LogP contribution < -0.4 is 9.47 Å². The standard InChI is InChI=1S/C32H33N5O4S/c1-22-35-25(21-42-22)6-9-30(38)36-13-3-16-40-26-5-2-4-24(19-26)31-28-8-7-27(41-17-15-36)18-23(28)10-14-37(31)32(39)29-20-33-11-12-34-29/h2,4-5,7-8,11-12,18-21,31H,3,6,9-10,13-17H2,1H3. The average Bonchev–Trinajstić information content (AvgIpc) is 3.45. The molecule has 3 aliphatic rings. The van der Waals surface area contributed by atoms with Gasteiger partial charge in [0.25, 0.3) is 5.91 Å². The molecule has 42 heavy (non-hydrogen) atoms. The number of hydrogen-bond donors (Lipinski definition) is 0. The predicted molar refractivity (Wildman–Crippen MR) is 159 cm³/mol. The third-order valence-electron chi connectivity index (χ3n) is 7.65. The molecule has 0 saturated carbocycles. The first-order valence-electron chi connectivity index (χ1n) is 14.3. The highest BCUT2D eigenvalue weighted by molar-refractivity contribution is 7.09. The number of benzene rings is 2. The fourth-order valence-corrected chi connectivity index (χ4v) is 6.25. The highest BCUT2D eigenvalue weighted by Gasteiger charge is 2.34. The van der Waals surface area contributed by atoms with Crippen LogP contribution in [0.25, 0.3) is 0 Å². The number of amides is 2. The first-order valence-corrected chi connectivity index (χ1v) is 15.2. The lowest BCUT2D eigenvalue weighted by atomic mass is 9.87. The third-order valence-corrected chi connectivity index (χ3v) is 8.47. The molecular formula is C32H33N5O4S. The number of hydrogen-bond acceptors (Lipinski definition) is 8. The summed E-state index contributed by atoms with van der Waals surface area (Å²) in [7, 11) is 0. The molecule has 0 saturated heterocycles. The minimum absolute atomic E-state index is 0.0912. The summed E-state index contributed by atoms with van der Waals surface area (Å²) in [6, 6.07) is 13.7. The van der Waals surface area contributed by atoms with Crippen molar-refractivity contribution in [3.05, 3.63) is 99.5 Å². The summed E-state index contributed by atoms with van der Waals surface area (Å²) in [5.74, 6) is 1.43. The highest BCUT2D eigenvalue weighted by Crippen LogP contribution is 2.38. The lowest BCUT2D eigenvalue weighted by molar-refractivity contribution is -0.131. The Morgan fingerprint density at radius 2 is 1.90 bits per heavy atom. The highest BCUT2D eigenvalue weighted by atomic mass is 32.1. The van der Waals surface area contributed by atoms with Crippen molar-refractivity contribution < 1.29 is 19.1 Å². The number of rotatable bonds is 4. The molecule has 1 unspecified atom stereocenters. The van der Waals surface area contributed by atoms with Crippen LogP contribution in [0, 0.1) is 6.92 Å². The molecule has 9 nitrogen and oxygen atoms in total. The number of carbonyl (C=O) groups is 2. The number of ether oxygens (including phenoxy) is 2. The molecule has 6 bridgehead atoms. The van der Waals surface area contributed by atoms with E-state index in [1.807, 2.05) is 58.5 Å². The average molecular weight is 584 g/mol. The van der Waals surface area contributed by atoms with Gasteiger partial charge in [0.1, 0.15) is 23.8 Å². The molecule has 10 heteroatoms. The van der Waals surface area contributed by atoms with E-state index in [2.05, 4.69) is 21.0 Å². The van der Waals surface area contributed by atoms with Crippen molar-refractivity contribution in [2.45, 2.75) is 38.6 Å². The van der Waals surface area contributed by atoms with Gasteiger partial charge in [-0.1, -0.05) is 18.2 Å². The van der Waals surface area contributed by atoms with Crippen LogP contribution >= 0.6 is 11.3 Å². The summed E-state index contributed by atoms with van der Waals surface area (Å²) >= 11 is 1.61. The summed E-state index contributed by atoms with van der Waals surface area (Å²) in [4.78, 5) is 43.4. The van der Waals surface area contributed by atoms with Crippen molar-refractivity contribution in [3.63, 3.8) is 0 Å². The van der Waals surface area contributed by atoms with Crippen molar-refractivity contribution in [1.82, 2.24) is 24.8 Å². The van der Waals surface area contributed by atoms with Gasteiger partial charge in [0.15, 0.2) is 0 Å². The maximum absolute atomic E-state index is 13.6. The number of aromatic nitrogens is 3. The van der Waals surface area contributed by atoms with Crippen molar-refractivity contribution >= 4 is 23.2 Å². The molecule has 3 aliphatic heterocycles. The van der Waals surface area contributed by atoms with Crippen LogP contribution in [0.1, 0.15) is 56.8 Å². The molecule has 7 rings (SSSR count). The minimum atomic E-state index is -0.302. The summed E-state index contributed by atoms with van der Waals surface area (Å²) in [6.45, 7) is 4.43. The topological polar surface area (TPSA) is 97.8 Å². The zero-order chi connectivity index (χ0) is 28.9. The Hall–Kier alpha value is -4.31. The second-order valence-corrected chi connectivity index (χ2v) is 11.5. The first kappa shape index (κ1) is 27.8. The summed E-state index contributed by atoms with van der Waals surface area (Å²) in [5, 5.41) is 3.03. The Kier molecular flexibility index (Phi) is 8.41. The van der Waals surface area contributed by atoms with Crippen molar-refractivity contribution in [1.29, 1.82) is 0 Å². The Morgan fingerprint density at radius 3 is 2.74 bits per heavy atom. The van der Waals surface area contributed by atoms with Crippen LogP contribution in [0.3, 0.4) is 0 Å². The number of fused-ring (bicyclic) bond motifs is 8. The molecule has 0 N–H and O–H groups in total. The number of thiazole rings is 1. The molecule has 0 aliphatic carbocycles. The van der Waals surface area contributed by atoms with Gasteiger partial charge in [-0.25, -0.2) is 9.97 Å². The fraction of sp³-hybridized carbons (Fsp3) is 0.344. The van der Waals surface area contributed by atoms with E-state index in [-0.39, 0.29) is 17.9 Å². The van der Waals surface area contributed by atoms with Gasteiger partial charge < -0.3 is 19.3 Å². The van der Waals surface area contributed by atoms with Crippen molar-refractivity contribution in [2.24, 2.45) is 0 Å². The second-order valence-electron chi connectivity index (χ2n) is 10.5. The summed E-state index contributed by atoms with van der Waals surface area (Å²) < 4.78 is 12.3. The molecule has 5 heterocycles. The summed E-state index contributed by atoms with van der Waals surface area (Å²) in [5.41, 5.74) is 4.42. The van der Waals surface area contributed by atoms with E-state index in [9.17, 15) is 9.59 Å². The van der Waals surface area contributed by atoms with E-state index in [0.717, 1.165) is 38.9 Å². The fourth-order valence-electron chi connectivity index (χ4n) is 5.60. The zero-order valence-electron chi connectivity index (χ0n) is 23.6. The van der Waals surface area contributed by atoms with Crippen LogP contribution in [0.5, 0.6) is 11.5 Å². The minimum Gasteiger partial charge on any atom is -0.494 e.